The summed E-state index contributed by atoms with van der Waals surface area (Å²) >= 11 is 0. The number of carbonyl (C=O) groups is 2. The van der Waals surface area contributed by atoms with E-state index in [1.54, 1.807) is 18.9 Å². The quantitative estimate of drug-likeness (QED) is 0.796. The lowest BCUT2D eigenvalue weighted by Gasteiger charge is -2.36. The molecule has 7 nitrogen and oxygen atoms in total. The van der Waals surface area contributed by atoms with Crippen LogP contribution in [0.4, 0.5) is 5.69 Å². The Morgan fingerprint density at radius 2 is 2.00 bits per heavy atom. The number of rotatable bonds is 2. The van der Waals surface area contributed by atoms with Crippen LogP contribution in [0.3, 0.4) is 0 Å². The van der Waals surface area contributed by atoms with Crippen molar-refractivity contribution in [2.45, 2.75) is 32.7 Å². The molecule has 1 saturated heterocycles. The third kappa shape index (κ3) is 2.35. The van der Waals surface area contributed by atoms with Crippen molar-refractivity contribution in [1.29, 1.82) is 0 Å². The molecule has 0 aromatic carbocycles. The summed E-state index contributed by atoms with van der Waals surface area (Å²) in [6.07, 6.45) is 1.48. The fourth-order valence-electron chi connectivity index (χ4n) is 2.69. The second-order valence-electron chi connectivity index (χ2n) is 5.45. The topological polar surface area (TPSA) is 107 Å². The summed E-state index contributed by atoms with van der Waals surface area (Å²) in [5, 5.41) is 4.16. The number of hydrogen-bond acceptors (Lipinski definition) is 4. The lowest BCUT2D eigenvalue weighted by Crippen LogP contribution is -2.49. The highest BCUT2D eigenvalue weighted by molar-refractivity contribution is 5.98. The van der Waals surface area contributed by atoms with Gasteiger partial charge >= 0.3 is 0 Å². The number of aryl methyl sites for hydroxylation is 2. The van der Waals surface area contributed by atoms with Crippen molar-refractivity contribution >= 4 is 17.5 Å². The van der Waals surface area contributed by atoms with Gasteiger partial charge in [0.15, 0.2) is 0 Å². The number of likely N-dealkylation sites (tertiary alicyclic amines) is 1. The molecule has 1 aliphatic rings. The Labute approximate surface area is 117 Å². The van der Waals surface area contributed by atoms with Crippen molar-refractivity contribution in [2.75, 3.05) is 12.3 Å². The van der Waals surface area contributed by atoms with E-state index in [1.165, 1.54) is 4.68 Å². The van der Waals surface area contributed by atoms with E-state index in [2.05, 4.69) is 5.10 Å². The van der Waals surface area contributed by atoms with E-state index in [0.29, 0.717) is 23.6 Å². The molecule has 0 spiro atoms. The highest BCUT2D eigenvalue weighted by Gasteiger charge is 2.34. The molecule has 0 aliphatic carbocycles. The summed E-state index contributed by atoms with van der Waals surface area (Å²) in [7, 11) is 1.69. The molecular weight excluding hydrogens is 258 g/mol. The normalized spacial score (nSPS) is 22.9. The predicted molar refractivity (Wildman–Crippen MR) is 74.8 cm³/mol. The zero-order valence-electron chi connectivity index (χ0n) is 12.1. The van der Waals surface area contributed by atoms with Crippen LogP contribution in [-0.2, 0) is 11.8 Å². The number of hydrogen-bond donors (Lipinski definition) is 2. The molecule has 1 aromatic rings. The average Bonchev–Trinajstić information content (AvgIpc) is 2.62. The van der Waals surface area contributed by atoms with Gasteiger partial charge in [-0.25, -0.2) is 0 Å². The van der Waals surface area contributed by atoms with Gasteiger partial charge in [-0.1, -0.05) is 0 Å². The van der Waals surface area contributed by atoms with Gasteiger partial charge in [0.05, 0.1) is 17.3 Å². The van der Waals surface area contributed by atoms with E-state index in [9.17, 15) is 9.59 Å². The Morgan fingerprint density at radius 3 is 2.50 bits per heavy atom. The molecule has 2 heterocycles. The number of nitrogens with two attached hydrogens (primary N) is 2. The molecule has 4 N–H and O–H groups in total. The molecule has 20 heavy (non-hydrogen) atoms. The summed E-state index contributed by atoms with van der Waals surface area (Å²) in [5.41, 5.74) is 12.7. The third-order valence-electron chi connectivity index (χ3n) is 4.02. The molecule has 1 aliphatic heterocycles. The maximum Gasteiger partial charge on any atom is 0.274 e. The Morgan fingerprint density at radius 1 is 1.35 bits per heavy atom. The molecule has 1 aromatic heterocycles. The molecule has 0 radical (unpaired) electrons. The highest BCUT2D eigenvalue weighted by Crippen LogP contribution is 2.25. The summed E-state index contributed by atoms with van der Waals surface area (Å²) < 4.78 is 1.49. The molecular formula is C13H21N5O2. The summed E-state index contributed by atoms with van der Waals surface area (Å²) in [6.45, 7) is 4.07. The zero-order chi connectivity index (χ0) is 15.0. The van der Waals surface area contributed by atoms with Crippen LogP contribution in [0.5, 0.6) is 0 Å². The van der Waals surface area contributed by atoms with E-state index in [4.69, 9.17) is 11.5 Å². The molecule has 110 valence electrons. The Kier molecular flexibility index (Phi) is 3.69. The largest absolute Gasteiger partial charge is 0.395 e. The van der Waals surface area contributed by atoms with Crippen LogP contribution in [0.15, 0.2) is 0 Å². The first-order valence-electron chi connectivity index (χ1n) is 6.72. The molecule has 2 unspecified atom stereocenters. The van der Waals surface area contributed by atoms with E-state index in [-0.39, 0.29) is 23.8 Å². The van der Waals surface area contributed by atoms with Gasteiger partial charge in [-0.2, -0.15) is 5.10 Å². The van der Waals surface area contributed by atoms with Crippen LogP contribution in [-0.4, -0.2) is 39.1 Å². The Hall–Kier alpha value is -2.05. The minimum absolute atomic E-state index is 0.0627. The Balaban J connectivity index is 2.29. The second-order valence-corrected chi connectivity index (χ2v) is 5.45. The van der Waals surface area contributed by atoms with E-state index in [0.717, 1.165) is 12.8 Å². The summed E-state index contributed by atoms with van der Waals surface area (Å²) in [6, 6.07) is 0.0627. The number of piperidine rings is 1. The number of anilines is 1. The maximum absolute atomic E-state index is 12.7. The second kappa shape index (κ2) is 5.15. The number of amides is 2. The predicted octanol–water partition coefficient (Wildman–Crippen LogP) is 0.0367. The van der Waals surface area contributed by atoms with Crippen LogP contribution in [0.1, 0.15) is 35.9 Å². The Bertz CT molecular complexity index is 551. The van der Waals surface area contributed by atoms with Crippen molar-refractivity contribution in [3.63, 3.8) is 0 Å². The van der Waals surface area contributed by atoms with Crippen LogP contribution in [0.25, 0.3) is 0 Å². The first kappa shape index (κ1) is 14.4. The number of nitrogen functional groups attached to an aromatic ring is 1. The zero-order valence-corrected chi connectivity index (χ0v) is 12.1. The first-order valence-corrected chi connectivity index (χ1v) is 6.72. The van der Waals surface area contributed by atoms with Gasteiger partial charge in [0.1, 0.15) is 5.69 Å². The fraction of sp³-hybridized carbons (Fsp3) is 0.615. The van der Waals surface area contributed by atoms with Crippen molar-refractivity contribution in [3.05, 3.63) is 11.4 Å². The molecule has 0 saturated carbocycles. The van der Waals surface area contributed by atoms with Gasteiger partial charge in [0, 0.05) is 19.6 Å². The summed E-state index contributed by atoms with van der Waals surface area (Å²) in [4.78, 5) is 25.7. The van der Waals surface area contributed by atoms with Crippen LogP contribution >= 0.6 is 0 Å². The number of nitrogens with zero attached hydrogens (tertiary/aromatic N) is 3. The van der Waals surface area contributed by atoms with Crippen molar-refractivity contribution in [2.24, 2.45) is 18.7 Å². The highest BCUT2D eigenvalue weighted by atomic mass is 16.2. The van der Waals surface area contributed by atoms with E-state index < -0.39 is 0 Å². The summed E-state index contributed by atoms with van der Waals surface area (Å²) in [5.74, 6) is -0.835. The van der Waals surface area contributed by atoms with Crippen molar-refractivity contribution in [1.82, 2.24) is 14.7 Å². The standard InChI is InChI=1S/C13H21N5O2/c1-7-4-5-9(12(15)19)6-18(7)13(20)11-10(14)8(2)16-17(11)3/h7,9H,4-6,14H2,1-3H3,(H2,15,19). The molecule has 2 rings (SSSR count). The maximum atomic E-state index is 12.7. The van der Waals surface area contributed by atoms with Gasteiger partial charge in [0.25, 0.3) is 5.91 Å². The SMILES string of the molecule is Cc1nn(C)c(C(=O)N2CC(C(N)=O)CCC2C)c1N. The van der Waals surface area contributed by atoms with E-state index >= 15 is 0 Å². The van der Waals surface area contributed by atoms with Crippen molar-refractivity contribution < 1.29 is 9.59 Å². The first-order chi connectivity index (χ1) is 9.32. The average molecular weight is 279 g/mol. The lowest BCUT2D eigenvalue weighted by atomic mass is 9.92. The minimum Gasteiger partial charge on any atom is -0.395 e. The van der Waals surface area contributed by atoms with Gasteiger partial charge < -0.3 is 16.4 Å². The molecule has 7 heteroatoms. The van der Waals surface area contributed by atoms with Gasteiger partial charge in [0.2, 0.25) is 5.91 Å². The molecule has 1 fully saturated rings. The number of primary amides is 1. The van der Waals surface area contributed by atoms with Crippen LogP contribution in [0.2, 0.25) is 0 Å². The van der Waals surface area contributed by atoms with Gasteiger partial charge in [-0.3, -0.25) is 14.3 Å². The third-order valence-corrected chi connectivity index (χ3v) is 4.02. The molecule has 2 amide bonds. The lowest BCUT2D eigenvalue weighted by molar-refractivity contribution is -0.123. The van der Waals surface area contributed by atoms with E-state index in [1.807, 2.05) is 6.92 Å². The van der Waals surface area contributed by atoms with Crippen LogP contribution < -0.4 is 11.5 Å². The molecule has 2 atom stereocenters. The number of aromatic nitrogens is 2. The minimum atomic E-state index is -0.358. The van der Waals surface area contributed by atoms with Gasteiger partial charge in [-0.05, 0) is 26.7 Å². The van der Waals surface area contributed by atoms with Gasteiger partial charge in [-0.15, -0.1) is 0 Å². The van der Waals surface area contributed by atoms with Crippen molar-refractivity contribution in [3.8, 4) is 0 Å². The smallest absolute Gasteiger partial charge is 0.274 e. The fourth-order valence-corrected chi connectivity index (χ4v) is 2.69. The molecule has 0 bridgehead atoms. The monoisotopic (exact) mass is 279 g/mol. The number of carbonyl (C=O) groups excluding carboxylic acids is 2. The van der Waals surface area contributed by atoms with Crippen LogP contribution in [0, 0.1) is 12.8 Å².